The molecule has 0 bridgehead atoms. The smallest absolute Gasteiger partial charge is 0.135 e. The van der Waals surface area contributed by atoms with Gasteiger partial charge in [-0.2, -0.15) is 0 Å². The SMILES string of the molecule is CNCCc1nc(Br)c(-c2ccc(F)cc2F)n1C. The summed E-state index contributed by atoms with van der Waals surface area (Å²) in [6.07, 6.45) is 0.731. The lowest BCUT2D eigenvalue weighted by Crippen LogP contribution is -2.13. The summed E-state index contributed by atoms with van der Waals surface area (Å²) in [5.41, 5.74) is 0.947. The van der Waals surface area contributed by atoms with E-state index in [9.17, 15) is 8.78 Å². The summed E-state index contributed by atoms with van der Waals surface area (Å²) >= 11 is 3.34. The molecule has 0 unspecified atom stereocenters. The van der Waals surface area contributed by atoms with Gasteiger partial charge in [0.25, 0.3) is 0 Å². The molecule has 0 amide bonds. The van der Waals surface area contributed by atoms with Crippen LogP contribution in [0.4, 0.5) is 8.78 Å². The molecule has 0 atom stereocenters. The van der Waals surface area contributed by atoms with E-state index in [0.29, 0.717) is 15.9 Å². The fourth-order valence-corrected chi connectivity index (χ4v) is 2.63. The van der Waals surface area contributed by atoms with E-state index in [2.05, 4.69) is 26.2 Å². The molecule has 0 fully saturated rings. The molecule has 102 valence electrons. The minimum Gasteiger partial charge on any atom is -0.330 e. The number of nitrogens with one attached hydrogen (secondary N) is 1. The Labute approximate surface area is 118 Å². The maximum absolute atomic E-state index is 13.8. The number of imidazole rings is 1. The lowest BCUT2D eigenvalue weighted by molar-refractivity contribution is 0.584. The van der Waals surface area contributed by atoms with Gasteiger partial charge in [-0.1, -0.05) is 0 Å². The van der Waals surface area contributed by atoms with Crippen LogP contribution in [0.2, 0.25) is 0 Å². The summed E-state index contributed by atoms with van der Waals surface area (Å²) in [7, 11) is 3.68. The van der Waals surface area contributed by atoms with E-state index in [1.807, 2.05) is 18.7 Å². The van der Waals surface area contributed by atoms with Crippen molar-refractivity contribution in [1.29, 1.82) is 0 Å². The third kappa shape index (κ3) is 2.84. The number of rotatable bonds is 4. The van der Waals surface area contributed by atoms with Gasteiger partial charge in [0.15, 0.2) is 0 Å². The number of nitrogens with zero attached hydrogens (tertiary/aromatic N) is 2. The molecular weight excluding hydrogens is 316 g/mol. The van der Waals surface area contributed by atoms with Crippen LogP contribution < -0.4 is 5.32 Å². The lowest BCUT2D eigenvalue weighted by Gasteiger charge is -2.07. The first-order valence-electron chi connectivity index (χ1n) is 5.85. The maximum atomic E-state index is 13.8. The van der Waals surface area contributed by atoms with Crippen LogP contribution in [0, 0.1) is 11.6 Å². The van der Waals surface area contributed by atoms with Gasteiger partial charge in [0.1, 0.15) is 22.1 Å². The molecule has 0 spiro atoms. The molecule has 1 heterocycles. The average molecular weight is 330 g/mol. The normalized spacial score (nSPS) is 11.0. The zero-order valence-electron chi connectivity index (χ0n) is 10.7. The summed E-state index contributed by atoms with van der Waals surface area (Å²) in [6, 6.07) is 3.54. The number of halogens is 3. The van der Waals surface area contributed by atoms with Gasteiger partial charge in [-0.3, -0.25) is 0 Å². The fraction of sp³-hybridized carbons (Fsp3) is 0.308. The summed E-state index contributed by atoms with van der Waals surface area (Å²) in [5.74, 6) is -0.348. The summed E-state index contributed by atoms with van der Waals surface area (Å²) in [4.78, 5) is 4.37. The van der Waals surface area contributed by atoms with Crippen LogP contribution in [0.3, 0.4) is 0 Å². The monoisotopic (exact) mass is 329 g/mol. The van der Waals surface area contributed by atoms with E-state index in [4.69, 9.17) is 0 Å². The van der Waals surface area contributed by atoms with Crippen LogP contribution in [-0.2, 0) is 13.5 Å². The number of benzene rings is 1. The Kier molecular flexibility index (Phi) is 4.31. The molecule has 0 aliphatic carbocycles. The molecule has 0 aliphatic rings. The minimum absolute atomic E-state index is 0.332. The molecule has 2 rings (SSSR count). The fourth-order valence-electron chi connectivity index (χ4n) is 1.94. The maximum Gasteiger partial charge on any atom is 0.135 e. The highest BCUT2D eigenvalue weighted by Crippen LogP contribution is 2.30. The van der Waals surface area contributed by atoms with Crippen LogP contribution >= 0.6 is 15.9 Å². The van der Waals surface area contributed by atoms with Crippen LogP contribution in [0.5, 0.6) is 0 Å². The van der Waals surface area contributed by atoms with Gasteiger partial charge in [0.2, 0.25) is 0 Å². The zero-order chi connectivity index (χ0) is 14.0. The van der Waals surface area contributed by atoms with E-state index in [0.717, 1.165) is 24.9 Å². The first-order chi connectivity index (χ1) is 9.04. The Hall–Kier alpha value is -1.27. The Balaban J connectivity index is 2.47. The second-order valence-corrected chi connectivity index (χ2v) is 4.96. The van der Waals surface area contributed by atoms with Crippen molar-refractivity contribution in [2.24, 2.45) is 7.05 Å². The van der Waals surface area contributed by atoms with E-state index in [1.165, 1.54) is 12.1 Å². The average Bonchev–Trinajstić information content (AvgIpc) is 2.63. The first kappa shape index (κ1) is 14.1. The molecule has 19 heavy (non-hydrogen) atoms. The quantitative estimate of drug-likeness (QED) is 0.934. The molecule has 3 nitrogen and oxygen atoms in total. The van der Waals surface area contributed by atoms with Crippen molar-refractivity contribution in [3.8, 4) is 11.3 Å². The topological polar surface area (TPSA) is 29.9 Å². The van der Waals surface area contributed by atoms with Crippen molar-refractivity contribution < 1.29 is 8.78 Å². The molecule has 1 aromatic heterocycles. The third-order valence-corrected chi connectivity index (χ3v) is 3.48. The van der Waals surface area contributed by atoms with Crippen molar-refractivity contribution in [1.82, 2.24) is 14.9 Å². The van der Waals surface area contributed by atoms with Gasteiger partial charge < -0.3 is 9.88 Å². The molecular formula is C13H14BrF2N3. The molecule has 1 N–H and O–H groups in total. The number of aromatic nitrogens is 2. The van der Waals surface area contributed by atoms with Gasteiger partial charge in [-0.05, 0) is 35.1 Å². The van der Waals surface area contributed by atoms with E-state index in [-0.39, 0.29) is 0 Å². The van der Waals surface area contributed by atoms with Crippen LogP contribution in [0.1, 0.15) is 5.82 Å². The Morgan fingerprint density at radius 2 is 2.11 bits per heavy atom. The highest BCUT2D eigenvalue weighted by Gasteiger charge is 2.17. The van der Waals surface area contributed by atoms with Gasteiger partial charge in [0.05, 0.1) is 5.69 Å². The summed E-state index contributed by atoms with van der Waals surface area (Å²) in [6.45, 7) is 0.780. The van der Waals surface area contributed by atoms with Crippen molar-refractivity contribution in [3.63, 3.8) is 0 Å². The lowest BCUT2D eigenvalue weighted by atomic mass is 10.1. The Morgan fingerprint density at radius 3 is 2.74 bits per heavy atom. The summed E-state index contributed by atoms with van der Waals surface area (Å²) in [5, 5.41) is 3.04. The highest BCUT2D eigenvalue weighted by atomic mass is 79.9. The molecule has 0 radical (unpaired) electrons. The predicted octanol–water partition coefficient (Wildman–Crippen LogP) is 2.89. The second-order valence-electron chi connectivity index (χ2n) is 4.20. The molecule has 0 aliphatic heterocycles. The number of hydrogen-bond acceptors (Lipinski definition) is 2. The van der Waals surface area contributed by atoms with Gasteiger partial charge in [-0.25, -0.2) is 13.8 Å². The van der Waals surface area contributed by atoms with Crippen molar-refractivity contribution in [3.05, 3.63) is 40.3 Å². The van der Waals surface area contributed by atoms with Crippen LogP contribution in [0.15, 0.2) is 22.8 Å². The van der Waals surface area contributed by atoms with Gasteiger partial charge in [-0.15, -0.1) is 0 Å². The van der Waals surface area contributed by atoms with Crippen molar-refractivity contribution in [2.45, 2.75) is 6.42 Å². The number of likely N-dealkylation sites (N-methyl/N-ethyl adjacent to an activating group) is 1. The van der Waals surface area contributed by atoms with Crippen molar-refractivity contribution >= 4 is 15.9 Å². The molecule has 0 saturated heterocycles. The third-order valence-electron chi connectivity index (χ3n) is 2.93. The standard InChI is InChI=1S/C13H14BrF2N3/c1-17-6-5-11-18-13(14)12(19(11)2)9-4-3-8(15)7-10(9)16/h3-4,7,17H,5-6H2,1-2H3. The molecule has 2 aromatic rings. The van der Waals surface area contributed by atoms with Crippen molar-refractivity contribution in [2.75, 3.05) is 13.6 Å². The van der Waals surface area contributed by atoms with E-state index in [1.54, 1.807) is 0 Å². The molecule has 6 heteroatoms. The predicted molar refractivity (Wildman–Crippen MR) is 73.9 cm³/mol. The van der Waals surface area contributed by atoms with Crippen LogP contribution in [0.25, 0.3) is 11.3 Å². The Bertz CT molecular complexity index is 596. The van der Waals surface area contributed by atoms with Gasteiger partial charge >= 0.3 is 0 Å². The summed E-state index contributed by atoms with van der Waals surface area (Å²) < 4.78 is 29.2. The minimum atomic E-state index is -0.594. The zero-order valence-corrected chi connectivity index (χ0v) is 12.3. The largest absolute Gasteiger partial charge is 0.330 e. The second kappa shape index (κ2) is 5.79. The Morgan fingerprint density at radius 1 is 1.37 bits per heavy atom. The van der Waals surface area contributed by atoms with Crippen LogP contribution in [-0.4, -0.2) is 23.1 Å². The van der Waals surface area contributed by atoms with E-state index >= 15 is 0 Å². The number of hydrogen-bond donors (Lipinski definition) is 1. The molecule has 1 aromatic carbocycles. The first-order valence-corrected chi connectivity index (χ1v) is 6.65. The molecule has 0 saturated carbocycles. The highest BCUT2D eigenvalue weighted by molar-refractivity contribution is 9.10. The van der Waals surface area contributed by atoms with Gasteiger partial charge in [0, 0.05) is 31.6 Å². The van der Waals surface area contributed by atoms with E-state index < -0.39 is 11.6 Å².